The number of halogens is 1. The van der Waals surface area contributed by atoms with Crippen LogP contribution in [0.2, 0.25) is 51.4 Å². The first-order chi connectivity index (χ1) is 10.0. The highest BCUT2D eigenvalue weighted by atomic mass is 35.5. The van der Waals surface area contributed by atoms with Crippen molar-refractivity contribution < 1.29 is 8.23 Å². The fraction of sp³-hybridized carbons (Fsp3) is 1.00. The summed E-state index contributed by atoms with van der Waals surface area (Å²) in [5.74, 6) is 3.13. The SMILES string of the molecule is CCCC[Si](C)(C)O[Si](C)(C)O[Si](C)(C)CCSCCCCl. The number of thioether (sulfide) groups is 1. The van der Waals surface area contributed by atoms with Crippen molar-refractivity contribution in [3.05, 3.63) is 0 Å². The van der Waals surface area contributed by atoms with Crippen LogP contribution >= 0.6 is 23.4 Å². The van der Waals surface area contributed by atoms with Crippen molar-refractivity contribution in [3.8, 4) is 0 Å². The minimum Gasteiger partial charge on any atom is -0.437 e. The lowest BCUT2D eigenvalue weighted by molar-refractivity contribution is 0.388. The van der Waals surface area contributed by atoms with Gasteiger partial charge in [0.1, 0.15) is 0 Å². The first-order valence-corrected chi connectivity index (χ1v) is 19.3. The fourth-order valence-electron chi connectivity index (χ4n) is 2.63. The molecule has 0 aromatic carbocycles. The zero-order chi connectivity index (χ0) is 17.3. The Bertz CT molecular complexity index is 303. The molecule has 22 heavy (non-hydrogen) atoms. The van der Waals surface area contributed by atoms with Gasteiger partial charge < -0.3 is 8.23 Å². The minimum absolute atomic E-state index is 0.773. The molecule has 0 aliphatic carbocycles. The summed E-state index contributed by atoms with van der Waals surface area (Å²) >= 11 is 7.73. The zero-order valence-electron chi connectivity index (χ0n) is 15.8. The number of alkyl halides is 1. The average Bonchev–Trinajstić information content (AvgIpc) is 2.33. The molecule has 0 amide bonds. The van der Waals surface area contributed by atoms with E-state index < -0.39 is 25.2 Å². The number of hydrogen-bond acceptors (Lipinski definition) is 3. The van der Waals surface area contributed by atoms with Gasteiger partial charge in [-0.25, -0.2) is 0 Å². The molecule has 0 fully saturated rings. The number of rotatable bonds is 13. The monoisotopic (exact) mass is 400 g/mol. The highest BCUT2D eigenvalue weighted by molar-refractivity contribution is 7.99. The van der Waals surface area contributed by atoms with Crippen LogP contribution in [0.25, 0.3) is 0 Å². The van der Waals surface area contributed by atoms with E-state index in [0.29, 0.717) is 0 Å². The summed E-state index contributed by atoms with van der Waals surface area (Å²) < 4.78 is 13.2. The lowest BCUT2D eigenvalue weighted by Crippen LogP contribution is -2.52. The van der Waals surface area contributed by atoms with Crippen molar-refractivity contribution in [3.63, 3.8) is 0 Å². The highest BCUT2D eigenvalue weighted by Gasteiger charge is 2.39. The summed E-state index contributed by atoms with van der Waals surface area (Å²) in [5.41, 5.74) is 0. The molecular weight excluding hydrogens is 364 g/mol. The maximum Gasteiger partial charge on any atom is 0.311 e. The molecule has 0 rings (SSSR count). The van der Waals surface area contributed by atoms with E-state index in [1.165, 1.54) is 36.4 Å². The van der Waals surface area contributed by atoms with E-state index in [1.54, 1.807) is 0 Å². The summed E-state index contributed by atoms with van der Waals surface area (Å²) in [4.78, 5) is 0. The van der Waals surface area contributed by atoms with Gasteiger partial charge >= 0.3 is 8.56 Å². The van der Waals surface area contributed by atoms with Crippen LogP contribution < -0.4 is 0 Å². The number of hydrogen-bond donors (Lipinski definition) is 0. The first-order valence-electron chi connectivity index (χ1n) is 8.58. The van der Waals surface area contributed by atoms with E-state index in [4.69, 9.17) is 19.8 Å². The predicted octanol–water partition coefficient (Wildman–Crippen LogP) is 6.29. The third-order valence-electron chi connectivity index (χ3n) is 3.45. The summed E-state index contributed by atoms with van der Waals surface area (Å²) in [7, 11) is -5.20. The Hall–Kier alpha value is 1.21. The van der Waals surface area contributed by atoms with E-state index in [-0.39, 0.29) is 0 Å². The third-order valence-corrected chi connectivity index (χ3v) is 16.5. The van der Waals surface area contributed by atoms with Crippen molar-refractivity contribution in [1.29, 1.82) is 0 Å². The average molecular weight is 401 g/mol. The normalized spacial score (nSPS) is 13.6. The van der Waals surface area contributed by atoms with Gasteiger partial charge in [-0.15, -0.1) is 11.6 Å². The second-order valence-corrected chi connectivity index (χ2v) is 21.7. The molecule has 2 nitrogen and oxygen atoms in total. The molecule has 0 saturated carbocycles. The molecule has 0 bridgehead atoms. The van der Waals surface area contributed by atoms with E-state index in [2.05, 4.69) is 46.2 Å². The van der Waals surface area contributed by atoms with Crippen LogP contribution in [-0.2, 0) is 8.23 Å². The van der Waals surface area contributed by atoms with E-state index in [1.807, 2.05) is 11.8 Å². The van der Waals surface area contributed by atoms with Gasteiger partial charge in [-0.3, -0.25) is 0 Å². The van der Waals surface area contributed by atoms with Crippen LogP contribution in [0.5, 0.6) is 0 Å². The van der Waals surface area contributed by atoms with E-state index in [9.17, 15) is 0 Å². The van der Waals surface area contributed by atoms with Crippen LogP contribution in [0, 0.1) is 0 Å². The molecule has 0 aliphatic rings. The van der Waals surface area contributed by atoms with Crippen LogP contribution in [-0.4, -0.2) is 42.6 Å². The van der Waals surface area contributed by atoms with E-state index >= 15 is 0 Å². The van der Waals surface area contributed by atoms with Crippen LogP contribution in [0.4, 0.5) is 0 Å². The Balaban J connectivity index is 4.29. The molecule has 0 N–H and O–H groups in total. The van der Waals surface area contributed by atoms with Gasteiger partial charge in [0.05, 0.1) is 0 Å². The van der Waals surface area contributed by atoms with Crippen molar-refractivity contribution in [2.75, 3.05) is 17.4 Å². The Labute approximate surface area is 151 Å². The lowest BCUT2D eigenvalue weighted by atomic mass is 10.4. The standard InChI is InChI=1S/C15H37ClO2SSi3/c1-8-9-14-20(2,3)17-22(6,7)18-21(4,5)15-13-19-12-10-11-16/h8-15H2,1-7H3. The highest BCUT2D eigenvalue weighted by Crippen LogP contribution is 2.26. The molecule has 0 aliphatic heterocycles. The zero-order valence-corrected chi connectivity index (χ0v) is 20.3. The lowest BCUT2D eigenvalue weighted by Gasteiger charge is -2.38. The number of unbranched alkanes of at least 4 members (excludes halogenated alkanes) is 1. The second kappa shape index (κ2) is 10.9. The molecule has 0 atom stereocenters. The third kappa shape index (κ3) is 12.6. The van der Waals surface area contributed by atoms with Crippen LogP contribution in [0.15, 0.2) is 0 Å². The molecule has 0 heterocycles. The van der Waals surface area contributed by atoms with E-state index in [0.717, 1.165) is 12.3 Å². The summed E-state index contributed by atoms with van der Waals surface area (Å²) in [6, 6.07) is 2.45. The van der Waals surface area contributed by atoms with Gasteiger partial charge in [0.25, 0.3) is 0 Å². The Morgan fingerprint density at radius 2 is 1.36 bits per heavy atom. The summed E-state index contributed by atoms with van der Waals surface area (Å²) in [6.45, 7) is 16.1. The molecule has 7 heteroatoms. The molecule has 0 spiro atoms. The molecule has 0 aromatic rings. The predicted molar refractivity (Wildman–Crippen MR) is 112 cm³/mol. The van der Waals surface area contributed by atoms with Crippen molar-refractivity contribution >= 4 is 48.6 Å². The van der Waals surface area contributed by atoms with Crippen molar-refractivity contribution in [2.45, 2.75) is 77.6 Å². The van der Waals surface area contributed by atoms with Crippen molar-refractivity contribution in [2.24, 2.45) is 0 Å². The molecule has 0 unspecified atom stereocenters. The van der Waals surface area contributed by atoms with Gasteiger partial charge in [0, 0.05) is 5.88 Å². The Morgan fingerprint density at radius 1 is 0.818 bits per heavy atom. The maximum absolute atomic E-state index is 6.60. The fourth-order valence-corrected chi connectivity index (χ4v) is 19.2. The smallest absolute Gasteiger partial charge is 0.311 e. The topological polar surface area (TPSA) is 18.5 Å². The molecule has 134 valence electrons. The summed E-state index contributed by atoms with van der Waals surface area (Å²) in [5, 5.41) is 0. The van der Waals surface area contributed by atoms with Crippen LogP contribution in [0.3, 0.4) is 0 Å². The summed E-state index contributed by atoms with van der Waals surface area (Å²) in [6.07, 6.45) is 3.64. The minimum atomic E-state index is -2.01. The van der Waals surface area contributed by atoms with Gasteiger partial charge in [-0.1, -0.05) is 19.8 Å². The van der Waals surface area contributed by atoms with Gasteiger partial charge in [0.15, 0.2) is 16.6 Å². The van der Waals surface area contributed by atoms with Gasteiger partial charge in [-0.2, -0.15) is 11.8 Å². The Morgan fingerprint density at radius 3 is 1.86 bits per heavy atom. The van der Waals surface area contributed by atoms with Gasteiger partial charge in [0.2, 0.25) is 0 Å². The van der Waals surface area contributed by atoms with Crippen LogP contribution in [0.1, 0.15) is 26.2 Å². The van der Waals surface area contributed by atoms with Gasteiger partial charge in [-0.05, 0) is 69.3 Å². The maximum atomic E-state index is 6.60. The molecule has 0 saturated heterocycles. The molecule has 0 aromatic heterocycles. The Kier molecular flexibility index (Phi) is 11.6. The molecular formula is C15H37ClO2SSi3. The first kappa shape index (κ1) is 23.2. The largest absolute Gasteiger partial charge is 0.437 e. The molecule has 0 radical (unpaired) electrons. The second-order valence-electron chi connectivity index (χ2n) is 7.63. The van der Waals surface area contributed by atoms with Crippen molar-refractivity contribution in [1.82, 2.24) is 0 Å². The quantitative estimate of drug-likeness (QED) is 0.205.